The zero-order valence-corrected chi connectivity index (χ0v) is 13.9. The molecule has 1 amide bonds. The highest BCUT2D eigenvalue weighted by Gasteiger charge is 2.33. The van der Waals surface area contributed by atoms with Crippen molar-refractivity contribution in [2.45, 2.75) is 25.2 Å². The summed E-state index contributed by atoms with van der Waals surface area (Å²) in [4.78, 5) is 14.7. The minimum atomic E-state index is 0.134. The Morgan fingerprint density at radius 1 is 1.17 bits per heavy atom. The molecule has 2 aliphatic rings. The molecule has 2 heterocycles. The molecule has 0 unspecified atom stereocenters. The summed E-state index contributed by atoms with van der Waals surface area (Å²) in [6, 6.07) is 5.88. The maximum atomic E-state index is 12.7. The Kier molecular flexibility index (Phi) is 5.06. The van der Waals surface area contributed by atoms with Crippen LogP contribution in [0, 0.1) is 5.92 Å². The lowest BCUT2D eigenvalue weighted by Crippen LogP contribution is -2.37. The van der Waals surface area contributed by atoms with Gasteiger partial charge in [0.15, 0.2) is 0 Å². The Hall–Kier alpha value is -1.75. The number of ether oxygens (including phenoxy) is 3. The number of hydrogen-bond acceptors (Lipinski definition) is 4. The van der Waals surface area contributed by atoms with Crippen molar-refractivity contribution in [1.82, 2.24) is 4.90 Å². The maximum Gasteiger partial charge on any atom is 0.225 e. The molecule has 3 rings (SSSR count). The van der Waals surface area contributed by atoms with E-state index in [0.29, 0.717) is 19.1 Å². The molecule has 2 saturated heterocycles. The van der Waals surface area contributed by atoms with Gasteiger partial charge < -0.3 is 19.1 Å². The van der Waals surface area contributed by atoms with E-state index in [4.69, 9.17) is 14.2 Å². The second-order valence-electron chi connectivity index (χ2n) is 6.26. The van der Waals surface area contributed by atoms with Crippen LogP contribution in [-0.2, 0) is 9.53 Å². The molecule has 0 aliphatic carbocycles. The predicted octanol–water partition coefficient (Wildman–Crippen LogP) is 2.45. The van der Waals surface area contributed by atoms with Gasteiger partial charge in [0.05, 0.1) is 14.2 Å². The van der Waals surface area contributed by atoms with Gasteiger partial charge in [-0.2, -0.15) is 0 Å². The molecule has 1 aromatic carbocycles. The number of hydrogen-bond donors (Lipinski definition) is 0. The van der Waals surface area contributed by atoms with Gasteiger partial charge in [-0.15, -0.1) is 0 Å². The topological polar surface area (TPSA) is 48.0 Å². The van der Waals surface area contributed by atoms with E-state index in [1.165, 1.54) is 0 Å². The molecule has 0 saturated carbocycles. The quantitative estimate of drug-likeness (QED) is 0.855. The third-order valence-corrected chi connectivity index (χ3v) is 4.95. The molecule has 2 aliphatic heterocycles. The molecule has 1 aromatic rings. The van der Waals surface area contributed by atoms with E-state index < -0.39 is 0 Å². The smallest absolute Gasteiger partial charge is 0.225 e. The maximum absolute atomic E-state index is 12.7. The first-order chi connectivity index (χ1) is 11.2. The van der Waals surface area contributed by atoms with Crippen molar-refractivity contribution in [2.24, 2.45) is 5.92 Å². The summed E-state index contributed by atoms with van der Waals surface area (Å²) in [5, 5.41) is 0. The third-order valence-electron chi connectivity index (χ3n) is 4.95. The molecule has 5 heteroatoms. The van der Waals surface area contributed by atoms with Gasteiger partial charge in [0.1, 0.15) is 11.5 Å². The van der Waals surface area contributed by atoms with E-state index in [9.17, 15) is 4.79 Å². The Morgan fingerprint density at radius 2 is 1.96 bits per heavy atom. The van der Waals surface area contributed by atoms with Crippen molar-refractivity contribution in [3.05, 3.63) is 23.8 Å². The van der Waals surface area contributed by atoms with E-state index in [2.05, 4.69) is 0 Å². The third kappa shape index (κ3) is 3.44. The van der Waals surface area contributed by atoms with Crippen LogP contribution in [0.25, 0.3) is 0 Å². The summed E-state index contributed by atoms with van der Waals surface area (Å²) < 4.78 is 16.2. The number of carbonyl (C=O) groups is 1. The predicted molar refractivity (Wildman–Crippen MR) is 87.0 cm³/mol. The van der Waals surface area contributed by atoms with Crippen LogP contribution >= 0.6 is 0 Å². The minimum Gasteiger partial charge on any atom is -0.497 e. The van der Waals surface area contributed by atoms with Crippen molar-refractivity contribution in [2.75, 3.05) is 40.5 Å². The fourth-order valence-electron chi connectivity index (χ4n) is 3.58. The molecule has 5 nitrogen and oxygen atoms in total. The van der Waals surface area contributed by atoms with Crippen LogP contribution in [0.1, 0.15) is 30.7 Å². The first-order valence-corrected chi connectivity index (χ1v) is 8.31. The number of benzene rings is 1. The van der Waals surface area contributed by atoms with Crippen molar-refractivity contribution in [3.63, 3.8) is 0 Å². The minimum absolute atomic E-state index is 0.134. The van der Waals surface area contributed by atoms with Gasteiger partial charge in [-0.3, -0.25) is 4.79 Å². The fourth-order valence-corrected chi connectivity index (χ4v) is 3.58. The summed E-state index contributed by atoms with van der Waals surface area (Å²) in [6.07, 6.45) is 2.67. The largest absolute Gasteiger partial charge is 0.497 e. The van der Waals surface area contributed by atoms with E-state index in [0.717, 1.165) is 49.4 Å². The highest BCUT2D eigenvalue weighted by atomic mass is 16.5. The van der Waals surface area contributed by atoms with Crippen molar-refractivity contribution >= 4 is 5.91 Å². The van der Waals surface area contributed by atoms with Crippen molar-refractivity contribution in [1.29, 1.82) is 0 Å². The zero-order valence-electron chi connectivity index (χ0n) is 13.9. The van der Waals surface area contributed by atoms with Gasteiger partial charge in [-0.25, -0.2) is 0 Å². The second kappa shape index (κ2) is 7.21. The lowest BCUT2D eigenvalue weighted by molar-refractivity contribution is -0.137. The first-order valence-electron chi connectivity index (χ1n) is 8.31. The van der Waals surface area contributed by atoms with Gasteiger partial charge in [-0.05, 0) is 37.5 Å². The SMILES string of the molecule is COc1ccc(OC)c([C@@H]2CCN(C(=O)C3CCOCC3)C2)c1. The Bertz CT molecular complexity index is 554. The number of rotatable bonds is 4. The molecule has 0 spiro atoms. The van der Waals surface area contributed by atoms with Crippen molar-refractivity contribution in [3.8, 4) is 11.5 Å². The van der Waals surface area contributed by atoms with Crippen molar-refractivity contribution < 1.29 is 19.0 Å². The standard InChI is InChI=1S/C18H25NO4/c1-21-15-3-4-17(22-2)16(11-15)14-5-8-19(12-14)18(20)13-6-9-23-10-7-13/h3-4,11,13-14H,5-10,12H2,1-2H3/t14-/m1/s1. The average Bonchev–Trinajstić information content (AvgIpc) is 3.11. The number of methoxy groups -OCH3 is 2. The van der Waals surface area contributed by atoms with E-state index in [1.807, 2.05) is 23.1 Å². The second-order valence-corrected chi connectivity index (χ2v) is 6.26. The average molecular weight is 319 g/mol. The molecule has 0 N–H and O–H groups in total. The monoisotopic (exact) mass is 319 g/mol. The van der Waals surface area contributed by atoms with Crippen LogP contribution in [0.15, 0.2) is 18.2 Å². The van der Waals surface area contributed by atoms with Crippen LogP contribution < -0.4 is 9.47 Å². The van der Waals surface area contributed by atoms with Crippen LogP contribution in [0.4, 0.5) is 0 Å². The van der Waals surface area contributed by atoms with E-state index in [-0.39, 0.29) is 11.8 Å². The lowest BCUT2D eigenvalue weighted by atomic mass is 9.96. The van der Waals surface area contributed by atoms with E-state index >= 15 is 0 Å². The van der Waals surface area contributed by atoms with Crippen LogP contribution in [0.5, 0.6) is 11.5 Å². The summed E-state index contributed by atoms with van der Waals surface area (Å²) >= 11 is 0. The Morgan fingerprint density at radius 3 is 2.65 bits per heavy atom. The van der Waals surface area contributed by atoms with Crippen LogP contribution in [0.3, 0.4) is 0 Å². The molecule has 1 atom stereocenters. The molecular weight excluding hydrogens is 294 g/mol. The highest BCUT2D eigenvalue weighted by Crippen LogP contribution is 2.36. The molecule has 126 valence electrons. The molecule has 23 heavy (non-hydrogen) atoms. The highest BCUT2D eigenvalue weighted by molar-refractivity contribution is 5.79. The summed E-state index contributed by atoms with van der Waals surface area (Å²) in [6.45, 7) is 3.00. The van der Waals surface area contributed by atoms with E-state index in [1.54, 1.807) is 14.2 Å². The van der Waals surface area contributed by atoms with Gasteiger partial charge in [0.25, 0.3) is 0 Å². The van der Waals surface area contributed by atoms with Gasteiger partial charge in [-0.1, -0.05) is 0 Å². The summed E-state index contributed by atoms with van der Waals surface area (Å²) in [7, 11) is 3.35. The van der Waals surface area contributed by atoms with Gasteiger partial charge in [0.2, 0.25) is 5.91 Å². The summed E-state index contributed by atoms with van der Waals surface area (Å²) in [5.74, 6) is 2.43. The number of nitrogens with zero attached hydrogens (tertiary/aromatic N) is 1. The molecule has 0 aromatic heterocycles. The number of amides is 1. The fraction of sp³-hybridized carbons (Fsp3) is 0.611. The normalized spacial score (nSPS) is 22.2. The molecule has 2 fully saturated rings. The zero-order chi connectivity index (χ0) is 16.2. The summed E-state index contributed by atoms with van der Waals surface area (Å²) in [5.41, 5.74) is 1.13. The number of carbonyl (C=O) groups excluding carboxylic acids is 1. The first kappa shape index (κ1) is 16.1. The van der Waals surface area contributed by atoms with Crippen LogP contribution in [0.2, 0.25) is 0 Å². The molecule has 0 radical (unpaired) electrons. The molecular formula is C18H25NO4. The van der Waals surface area contributed by atoms with Gasteiger partial charge >= 0.3 is 0 Å². The Balaban J connectivity index is 1.70. The van der Waals surface area contributed by atoms with Gasteiger partial charge in [0, 0.05) is 43.7 Å². The lowest BCUT2D eigenvalue weighted by Gasteiger charge is -2.26. The number of likely N-dealkylation sites (tertiary alicyclic amines) is 1. The molecule has 0 bridgehead atoms. The van der Waals surface area contributed by atoms with Crippen LogP contribution in [-0.4, -0.2) is 51.3 Å². The Labute approximate surface area is 137 Å².